The van der Waals surface area contributed by atoms with Crippen molar-refractivity contribution in [3.8, 4) is 6.07 Å². The summed E-state index contributed by atoms with van der Waals surface area (Å²) in [6.07, 6.45) is -4.08. The fourth-order valence-electron chi connectivity index (χ4n) is 1.57. The van der Waals surface area contributed by atoms with E-state index in [0.29, 0.717) is 0 Å². The molecule has 1 aromatic heterocycles. The summed E-state index contributed by atoms with van der Waals surface area (Å²) in [6, 6.07) is 3.82. The quantitative estimate of drug-likeness (QED) is 0.910. The molecule has 19 heavy (non-hydrogen) atoms. The zero-order chi connectivity index (χ0) is 14.3. The van der Waals surface area contributed by atoms with E-state index >= 15 is 0 Å². The Bertz CT molecular complexity index is 645. The second-order valence-corrected chi connectivity index (χ2v) is 5.80. The van der Waals surface area contributed by atoms with Crippen molar-refractivity contribution in [1.82, 2.24) is 9.71 Å². The van der Waals surface area contributed by atoms with Crippen molar-refractivity contribution >= 4 is 10.0 Å². The molecule has 0 radical (unpaired) electrons. The number of halogens is 3. The molecule has 1 aliphatic carbocycles. The third-order valence-corrected chi connectivity index (χ3v) is 4.36. The number of hydrogen-bond donors (Lipinski definition) is 1. The van der Waals surface area contributed by atoms with Gasteiger partial charge in [-0.05, 0) is 25.0 Å². The minimum atomic E-state index is -4.66. The number of sulfonamides is 1. The van der Waals surface area contributed by atoms with Crippen LogP contribution in [0, 0.1) is 11.3 Å². The van der Waals surface area contributed by atoms with E-state index in [-0.39, 0.29) is 12.8 Å². The van der Waals surface area contributed by atoms with Gasteiger partial charge in [-0.25, -0.2) is 13.4 Å². The van der Waals surface area contributed by atoms with Crippen LogP contribution in [0.1, 0.15) is 18.5 Å². The van der Waals surface area contributed by atoms with Gasteiger partial charge in [0, 0.05) is 6.20 Å². The summed E-state index contributed by atoms with van der Waals surface area (Å²) in [5.74, 6) is 0. The monoisotopic (exact) mass is 291 g/mol. The van der Waals surface area contributed by atoms with E-state index in [0.717, 1.165) is 6.07 Å². The zero-order valence-corrected chi connectivity index (χ0v) is 10.2. The first-order valence-electron chi connectivity index (χ1n) is 5.18. The number of pyridine rings is 1. The lowest BCUT2D eigenvalue weighted by molar-refractivity contribution is -0.160. The highest BCUT2D eigenvalue weighted by atomic mass is 32.2. The number of aromatic nitrogens is 1. The molecule has 9 heteroatoms. The van der Waals surface area contributed by atoms with Crippen molar-refractivity contribution in [3.63, 3.8) is 0 Å². The van der Waals surface area contributed by atoms with Crippen LogP contribution in [0.25, 0.3) is 0 Å². The van der Waals surface area contributed by atoms with E-state index in [1.165, 1.54) is 18.3 Å². The predicted octanol–water partition coefficient (Wildman–Crippen LogP) is 1.33. The normalized spacial score (nSPS) is 17.8. The van der Waals surface area contributed by atoms with Crippen molar-refractivity contribution in [2.75, 3.05) is 0 Å². The lowest BCUT2D eigenvalue weighted by atomic mass is 10.3. The molecule has 0 amide bonds. The first-order chi connectivity index (χ1) is 8.72. The fraction of sp³-hybridized carbons (Fsp3) is 0.400. The van der Waals surface area contributed by atoms with E-state index < -0.39 is 32.3 Å². The van der Waals surface area contributed by atoms with Gasteiger partial charge in [0.1, 0.15) is 16.5 Å². The van der Waals surface area contributed by atoms with Crippen LogP contribution in [-0.4, -0.2) is 25.1 Å². The van der Waals surface area contributed by atoms with E-state index in [9.17, 15) is 21.6 Å². The number of alkyl halides is 3. The van der Waals surface area contributed by atoms with Gasteiger partial charge in [0.2, 0.25) is 10.0 Å². The topological polar surface area (TPSA) is 82.8 Å². The Kier molecular flexibility index (Phi) is 3.03. The molecule has 1 fully saturated rings. The molecule has 1 aromatic rings. The molecular weight excluding hydrogens is 283 g/mol. The summed E-state index contributed by atoms with van der Waals surface area (Å²) >= 11 is 0. The van der Waals surface area contributed by atoms with Crippen LogP contribution < -0.4 is 4.72 Å². The number of rotatable bonds is 3. The van der Waals surface area contributed by atoms with Crippen LogP contribution in [0.2, 0.25) is 0 Å². The Hall–Kier alpha value is -1.66. The van der Waals surface area contributed by atoms with Crippen LogP contribution >= 0.6 is 0 Å². The van der Waals surface area contributed by atoms with Crippen molar-refractivity contribution in [1.29, 1.82) is 5.26 Å². The molecule has 0 bridgehead atoms. The number of nitriles is 1. The van der Waals surface area contributed by atoms with E-state index in [1.54, 1.807) is 4.72 Å². The number of nitrogens with zero attached hydrogens (tertiary/aromatic N) is 2. The third kappa shape index (κ3) is 2.41. The van der Waals surface area contributed by atoms with Gasteiger partial charge in [0.25, 0.3) is 0 Å². The largest absolute Gasteiger partial charge is 0.407 e. The molecule has 0 saturated heterocycles. The molecule has 1 heterocycles. The molecule has 0 unspecified atom stereocenters. The van der Waals surface area contributed by atoms with Gasteiger partial charge in [-0.1, -0.05) is 0 Å². The summed E-state index contributed by atoms with van der Waals surface area (Å²) in [6.45, 7) is 0. The average Bonchev–Trinajstić information content (AvgIpc) is 3.08. The van der Waals surface area contributed by atoms with Gasteiger partial charge >= 0.3 is 6.18 Å². The number of nitrogens with one attached hydrogen (secondary N) is 1. The van der Waals surface area contributed by atoms with Gasteiger partial charge in [-0.3, -0.25) is 0 Å². The summed E-state index contributed by atoms with van der Waals surface area (Å²) in [4.78, 5) is 2.97. The maximum absolute atomic E-state index is 12.7. The van der Waals surface area contributed by atoms with Gasteiger partial charge in [0.15, 0.2) is 5.69 Å². The first kappa shape index (κ1) is 13.8. The average molecular weight is 291 g/mol. The van der Waals surface area contributed by atoms with Crippen LogP contribution in [0.4, 0.5) is 13.2 Å². The Morgan fingerprint density at radius 1 is 1.42 bits per heavy atom. The van der Waals surface area contributed by atoms with Crippen LogP contribution in [0.15, 0.2) is 23.2 Å². The summed E-state index contributed by atoms with van der Waals surface area (Å²) in [7, 11) is -4.44. The maximum Gasteiger partial charge on any atom is 0.407 e. The highest BCUT2D eigenvalue weighted by Gasteiger charge is 2.65. The lowest BCUT2D eigenvalue weighted by Gasteiger charge is -2.20. The second kappa shape index (κ2) is 4.18. The van der Waals surface area contributed by atoms with E-state index in [4.69, 9.17) is 5.26 Å². The zero-order valence-electron chi connectivity index (χ0n) is 9.40. The van der Waals surface area contributed by atoms with Gasteiger partial charge in [-0.15, -0.1) is 0 Å². The second-order valence-electron chi connectivity index (χ2n) is 4.15. The highest BCUT2D eigenvalue weighted by Crippen LogP contribution is 2.49. The van der Waals surface area contributed by atoms with Crippen molar-refractivity contribution < 1.29 is 21.6 Å². The molecule has 0 spiro atoms. The van der Waals surface area contributed by atoms with Gasteiger partial charge < -0.3 is 0 Å². The third-order valence-electron chi connectivity index (χ3n) is 2.79. The maximum atomic E-state index is 12.7. The molecule has 0 aromatic carbocycles. The standard InChI is InChI=1S/C10H8F3N3O2S/c11-10(12,13)9(3-4-9)16-19(17,18)8-2-1-5-15-7(8)6-14/h1-2,5,16H,3-4H2. The molecule has 0 atom stereocenters. The molecule has 102 valence electrons. The van der Waals surface area contributed by atoms with Crippen LogP contribution in [0.3, 0.4) is 0 Å². The summed E-state index contributed by atoms with van der Waals surface area (Å²) in [5.41, 5.74) is -2.85. The van der Waals surface area contributed by atoms with Crippen LogP contribution in [-0.2, 0) is 10.0 Å². The van der Waals surface area contributed by atoms with Crippen molar-refractivity contribution in [2.45, 2.75) is 29.5 Å². The lowest BCUT2D eigenvalue weighted by Crippen LogP contribution is -2.47. The Morgan fingerprint density at radius 3 is 2.53 bits per heavy atom. The predicted molar refractivity (Wildman–Crippen MR) is 57.3 cm³/mol. The minimum Gasteiger partial charge on any atom is -0.244 e. The molecular formula is C10H8F3N3O2S. The van der Waals surface area contributed by atoms with E-state index in [2.05, 4.69) is 4.98 Å². The van der Waals surface area contributed by atoms with E-state index in [1.807, 2.05) is 0 Å². The molecule has 1 saturated carbocycles. The summed E-state index contributed by atoms with van der Waals surface area (Å²) in [5, 5.41) is 8.73. The fourth-order valence-corrected chi connectivity index (χ4v) is 3.13. The summed E-state index contributed by atoms with van der Waals surface area (Å²) < 4.78 is 63.6. The first-order valence-corrected chi connectivity index (χ1v) is 6.66. The highest BCUT2D eigenvalue weighted by molar-refractivity contribution is 7.89. The molecule has 2 rings (SSSR count). The van der Waals surface area contributed by atoms with Crippen LogP contribution in [0.5, 0.6) is 0 Å². The Labute approximate surface area is 107 Å². The van der Waals surface area contributed by atoms with Crippen molar-refractivity contribution in [3.05, 3.63) is 24.0 Å². The Morgan fingerprint density at radius 2 is 2.05 bits per heavy atom. The minimum absolute atomic E-state index is 0.308. The SMILES string of the molecule is N#Cc1ncccc1S(=O)(=O)NC1(C(F)(F)F)CC1. The smallest absolute Gasteiger partial charge is 0.244 e. The van der Waals surface area contributed by atoms with Gasteiger partial charge in [0.05, 0.1) is 0 Å². The van der Waals surface area contributed by atoms with Gasteiger partial charge in [-0.2, -0.15) is 23.2 Å². The molecule has 1 N–H and O–H groups in total. The van der Waals surface area contributed by atoms with Crippen molar-refractivity contribution in [2.24, 2.45) is 0 Å². The molecule has 1 aliphatic rings. The number of hydrogen-bond acceptors (Lipinski definition) is 4. The Balaban J connectivity index is 2.38. The molecule has 0 aliphatic heterocycles. The molecule has 5 nitrogen and oxygen atoms in total.